The second-order valence-corrected chi connectivity index (χ2v) is 11.7. The van der Waals surface area contributed by atoms with Crippen LogP contribution in [0.1, 0.15) is 75.7 Å². The van der Waals surface area contributed by atoms with Crippen LogP contribution in [0.4, 0.5) is 0 Å². The van der Waals surface area contributed by atoms with E-state index in [1.54, 1.807) is 0 Å². The number of ketones is 2. The summed E-state index contributed by atoms with van der Waals surface area (Å²) in [5.41, 5.74) is 3.26. The van der Waals surface area contributed by atoms with Crippen LogP contribution in [0, 0.1) is 5.92 Å². The summed E-state index contributed by atoms with van der Waals surface area (Å²) in [5, 5.41) is 5.84. The molecule has 2 N–H and O–H groups in total. The summed E-state index contributed by atoms with van der Waals surface area (Å²) in [4.78, 5) is 51.7. The highest BCUT2D eigenvalue weighted by molar-refractivity contribution is 5.97. The van der Waals surface area contributed by atoms with E-state index < -0.39 is 11.5 Å². The first-order valence-electron chi connectivity index (χ1n) is 14.4. The number of aryl methyl sites for hydroxylation is 1. The van der Waals surface area contributed by atoms with Gasteiger partial charge in [0.05, 0.1) is 5.92 Å². The molecule has 0 radical (unpaired) electrons. The van der Waals surface area contributed by atoms with Crippen molar-refractivity contribution >= 4 is 23.4 Å². The lowest BCUT2D eigenvalue weighted by Crippen LogP contribution is -2.44. The van der Waals surface area contributed by atoms with Crippen molar-refractivity contribution in [3.63, 3.8) is 0 Å². The van der Waals surface area contributed by atoms with Gasteiger partial charge in [0.15, 0.2) is 5.78 Å². The minimum absolute atomic E-state index is 0.000995. The van der Waals surface area contributed by atoms with Gasteiger partial charge in [0.2, 0.25) is 11.8 Å². The normalized spacial score (nSPS) is 12.7. The third-order valence-corrected chi connectivity index (χ3v) is 6.81. The van der Waals surface area contributed by atoms with E-state index in [4.69, 9.17) is 0 Å². The zero-order valence-electron chi connectivity index (χ0n) is 24.6. The Labute approximate surface area is 243 Å². The Balaban J connectivity index is 1.57. The third-order valence-electron chi connectivity index (χ3n) is 6.81. The van der Waals surface area contributed by atoms with E-state index in [1.165, 1.54) is 0 Å². The molecule has 0 heterocycles. The molecule has 0 aliphatic heterocycles. The largest absolute Gasteiger partial charge is 0.353 e. The van der Waals surface area contributed by atoms with Gasteiger partial charge in [-0.1, -0.05) is 78.9 Å². The lowest BCUT2D eigenvalue weighted by Gasteiger charge is -2.24. The average Bonchev–Trinajstić information content (AvgIpc) is 2.94. The molecule has 2 amide bonds. The zero-order valence-corrected chi connectivity index (χ0v) is 24.6. The SMILES string of the molecule is CC(CCC(=O)c1cccc(-c2ccccc2)c1)NC(=O)[C@@H](CC(=O)CCc1ccccc1)CC(=O)NC(C)(C)C. The molecule has 6 nitrogen and oxygen atoms in total. The first-order valence-corrected chi connectivity index (χ1v) is 14.4. The van der Waals surface area contributed by atoms with Gasteiger partial charge in [0.1, 0.15) is 5.78 Å². The van der Waals surface area contributed by atoms with Crippen molar-refractivity contribution in [1.29, 1.82) is 0 Å². The molecule has 2 atom stereocenters. The highest BCUT2D eigenvalue weighted by Crippen LogP contribution is 2.21. The van der Waals surface area contributed by atoms with Crippen molar-refractivity contribution in [3.05, 3.63) is 96.1 Å². The summed E-state index contributed by atoms with van der Waals surface area (Å²) in [6, 6.07) is 26.9. The molecular weight excluding hydrogens is 512 g/mol. The monoisotopic (exact) mass is 554 g/mol. The van der Waals surface area contributed by atoms with E-state index in [0.29, 0.717) is 24.8 Å². The van der Waals surface area contributed by atoms with Crippen molar-refractivity contribution in [3.8, 4) is 11.1 Å². The van der Waals surface area contributed by atoms with Crippen LogP contribution in [0.3, 0.4) is 0 Å². The van der Waals surface area contributed by atoms with Gasteiger partial charge < -0.3 is 10.6 Å². The Morgan fingerprint density at radius 2 is 1.39 bits per heavy atom. The van der Waals surface area contributed by atoms with Gasteiger partial charge in [-0.2, -0.15) is 0 Å². The van der Waals surface area contributed by atoms with Crippen LogP contribution in [0.5, 0.6) is 0 Å². The minimum Gasteiger partial charge on any atom is -0.353 e. The van der Waals surface area contributed by atoms with Crippen LogP contribution in [0.2, 0.25) is 0 Å². The molecule has 0 aliphatic carbocycles. The maximum atomic E-state index is 13.3. The first-order chi connectivity index (χ1) is 19.5. The van der Waals surface area contributed by atoms with Crippen molar-refractivity contribution < 1.29 is 19.2 Å². The summed E-state index contributed by atoms with van der Waals surface area (Å²) < 4.78 is 0. The van der Waals surface area contributed by atoms with E-state index in [0.717, 1.165) is 16.7 Å². The number of benzene rings is 3. The maximum absolute atomic E-state index is 13.3. The van der Waals surface area contributed by atoms with Gasteiger partial charge in [0, 0.05) is 42.8 Å². The zero-order chi connectivity index (χ0) is 29.8. The Morgan fingerprint density at radius 1 is 0.756 bits per heavy atom. The number of amides is 2. The Kier molecular flexibility index (Phi) is 11.6. The van der Waals surface area contributed by atoms with Crippen molar-refractivity contribution in [2.24, 2.45) is 5.92 Å². The molecule has 0 spiro atoms. The molecule has 216 valence electrons. The quantitative estimate of drug-likeness (QED) is 0.228. The highest BCUT2D eigenvalue weighted by atomic mass is 16.2. The second-order valence-electron chi connectivity index (χ2n) is 11.7. The van der Waals surface area contributed by atoms with Gasteiger partial charge in [-0.25, -0.2) is 0 Å². The predicted octanol–water partition coefficient (Wildman–Crippen LogP) is 6.33. The number of hydrogen-bond acceptors (Lipinski definition) is 4. The number of rotatable bonds is 14. The molecule has 1 unspecified atom stereocenters. The fourth-order valence-corrected chi connectivity index (χ4v) is 4.68. The van der Waals surface area contributed by atoms with Crippen LogP contribution in [0.15, 0.2) is 84.9 Å². The standard InChI is InChI=1S/C35H42N2O4/c1-25(18-21-32(39)29-17-11-16-28(22-29)27-14-9-6-10-15-27)36-34(41)30(24-33(40)37-35(2,3)4)23-31(38)20-19-26-12-7-5-8-13-26/h5-17,22,25,30H,18-21,23-24H2,1-4H3,(H,36,41)(H,37,40)/t25?,30-/m0/s1. The van der Waals surface area contributed by atoms with Gasteiger partial charge in [-0.3, -0.25) is 19.2 Å². The van der Waals surface area contributed by atoms with Crippen LogP contribution in [-0.2, 0) is 20.8 Å². The predicted molar refractivity (Wildman–Crippen MR) is 163 cm³/mol. The summed E-state index contributed by atoms with van der Waals surface area (Å²) in [5.74, 6) is -1.44. The highest BCUT2D eigenvalue weighted by Gasteiger charge is 2.27. The van der Waals surface area contributed by atoms with Gasteiger partial charge >= 0.3 is 0 Å². The van der Waals surface area contributed by atoms with E-state index in [-0.39, 0.29) is 48.7 Å². The summed E-state index contributed by atoms with van der Waals surface area (Å²) in [6.07, 6.45) is 1.53. The molecule has 6 heteroatoms. The number of carbonyl (C=O) groups is 4. The molecule has 41 heavy (non-hydrogen) atoms. The van der Waals surface area contributed by atoms with Crippen LogP contribution in [-0.4, -0.2) is 35.0 Å². The lowest BCUT2D eigenvalue weighted by molar-refractivity contribution is -0.133. The molecule has 0 saturated carbocycles. The topological polar surface area (TPSA) is 92.3 Å². The van der Waals surface area contributed by atoms with E-state index in [2.05, 4.69) is 10.6 Å². The number of Topliss-reactive ketones (excluding diaryl/α,β-unsaturated/α-hetero) is 2. The molecule has 3 rings (SSSR count). The number of carbonyl (C=O) groups excluding carboxylic acids is 4. The Morgan fingerprint density at radius 3 is 2.05 bits per heavy atom. The van der Waals surface area contributed by atoms with Crippen LogP contribution < -0.4 is 10.6 Å². The fraction of sp³-hybridized carbons (Fsp3) is 0.371. The fourth-order valence-electron chi connectivity index (χ4n) is 4.68. The van der Waals surface area contributed by atoms with E-state index in [9.17, 15) is 19.2 Å². The van der Waals surface area contributed by atoms with E-state index >= 15 is 0 Å². The van der Waals surface area contributed by atoms with Crippen molar-refractivity contribution in [1.82, 2.24) is 10.6 Å². The molecule has 3 aromatic rings. The van der Waals surface area contributed by atoms with E-state index in [1.807, 2.05) is 113 Å². The summed E-state index contributed by atoms with van der Waals surface area (Å²) in [6.45, 7) is 7.47. The molecule has 0 aromatic heterocycles. The summed E-state index contributed by atoms with van der Waals surface area (Å²) in [7, 11) is 0. The van der Waals surface area contributed by atoms with Crippen molar-refractivity contribution in [2.45, 2.75) is 77.8 Å². The van der Waals surface area contributed by atoms with Gasteiger partial charge in [-0.15, -0.1) is 0 Å². The minimum atomic E-state index is -0.777. The molecule has 3 aromatic carbocycles. The first kappa shape index (κ1) is 31.5. The second kappa shape index (κ2) is 15.1. The average molecular weight is 555 g/mol. The number of nitrogens with one attached hydrogen (secondary N) is 2. The molecule has 0 bridgehead atoms. The summed E-state index contributed by atoms with van der Waals surface area (Å²) >= 11 is 0. The van der Waals surface area contributed by atoms with Crippen LogP contribution >= 0.6 is 0 Å². The maximum Gasteiger partial charge on any atom is 0.224 e. The molecular formula is C35H42N2O4. The smallest absolute Gasteiger partial charge is 0.224 e. The Bertz CT molecular complexity index is 1310. The number of hydrogen-bond donors (Lipinski definition) is 2. The third kappa shape index (κ3) is 11.1. The van der Waals surface area contributed by atoms with Crippen molar-refractivity contribution in [2.75, 3.05) is 0 Å². The lowest BCUT2D eigenvalue weighted by atomic mass is 9.93. The molecule has 0 saturated heterocycles. The molecule has 0 fully saturated rings. The van der Waals surface area contributed by atoms with Gasteiger partial charge in [0.25, 0.3) is 0 Å². The van der Waals surface area contributed by atoms with Crippen LogP contribution in [0.25, 0.3) is 11.1 Å². The molecule has 0 aliphatic rings. The van der Waals surface area contributed by atoms with Gasteiger partial charge in [-0.05, 0) is 63.3 Å². The Hall–Kier alpha value is -4.06.